The summed E-state index contributed by atoms with van der Waals surface area (Å²) in [5.74, 6) is -1.07. The molecule has 0 aliphatic heterocycles. The number of aromatic carboxylic acids is 1. The summed E-state index contributed by atoms with van der Waals surface area (Å²) in [6.45, 7) is 0. The zero-order chi connectivity index (χ0) is 14.7. The Labute approximate surface area is 116 Å². The molecule has 0 aliphatic carbocycles. The second-order valence-corrected chi connectivity index (χ2v) is 4.51. The maximum atomic E-state index is 11.8. The van der Waals surface area contributed by atoms with E-state index in [2.05, 4.69) is 4.98 Å². The number of hydrogen-bond donors (Lipinski definition) is 1. The summed E-state index contributed by atoms with van der Waals surface area (Å²) in [4.78, 5) is 28.3. The number of carbonyl (C=O) groups excluding carboxylic acids is 1. The van der Waals surface area contributed by atoms with Gasteiger partial charge in [-0.15, -0.1) is 0 Å². The van der Waals surface area contributed by atoms with Gasteiger partial charge in [0.05, 0.1) is 11.3 Å². The number of amides is 1. The van der Waals surface area contributed by atoms with Gasteiger partial charge in [-0.1, -0.05) is 12.1 Å². The first-order valence-corrected chi connectivity index (χ1v) is 6.00. The van der Waals surface area contributed by atoms with Gasteiger partial charge < -0.3 is 10.0 Å². The summed E-state index contributed by atoms with van der Waals surface area (Å²) in [5, 5.41) is 8.96. The van der Waals surface area contributed by atoms with Crippen molar-refractivity contribution in [3.8, 4) is 11.3 Å². The first kappa shape index (κ1) is 13.7. The van der Waals surface area contributed by atoms with Crippen molar-refractivity contribution < 1.29 is 14.7 Å². The van der Waals surface area contributed by atoms with E-state index in [1.54, 1.807) is 38.4 Å². The fraction of sp³-hybridized carbons (Fsp3) is 0.133. The van der Waals surface area contributed by atoms with E-state index in [4.69, 9.17) is 5.11 Å². The van der Waals surface area contributed by atoms with Crippen LogP contribution in [0, 0.1) is 0 Å². The van der Waals surface area contributed by atoms with E-state index < -0.39 is 5.97 Å². The molecule has 20 heavy (non-hydrogen) atoms. The molecule has 102 valence electrons. The molecule has 1 aromatic heterocycles. The second-order valence-electron chi connectivity index (χ2n) is 4.51. The lowest BCUT2D eigenvalue weighted by Gasteiger charge is -2.10. The summed E-state index contributed by atoms with van der Waals surface area (Å²) in [7, 11) is 3.38. The van der Waals surface area contributed by atoms with Crippen molar-refractivity contribution in [3.05, 3.63) is 53.7 Å². The van der Waals surface area contributed by atoms with Crippen LogP contribution in [0.15, 0.2) is 42.6 Å². The number of benzene rings is 1. The van der Waals surface area contributed by atoms with Gasteiger partial charge in [-0.3, -0.25) is 9.78 Å². The zero-order valence-corrected chi connectivity index (χ0v) is 11.2. The highest BCUT2D eigenvalue weighted by molar-refractivity contribution is 5.94. The van der Waals surface area contributed by atoms with Gasteiger partial charge in [-0.05, 0) is 24.3 Å². The molecule has 0 spiro atoms. The molecule has 0 saturated heterocycles. The van der Waals surface area contributed by atoms with Crippen molar-refractivity contribution >= 4 is 11.9 Å². The monoisotopic (exact) mass is 270 g/mol. The molecule has 2 aromatic rings. The van der Waals surface area contributed by atoms with E-state index in [1.165, 1.54) is 23.2 Å². The van der Waals surface area contributed by atoms with Gasteiger partial charge in [0.15, 0.2) is 0 Å². The van der Waals surface area contributed by atoms with E-state index in [-0.39, 0.29) is 11.5 Å². The summed E-state index contributed by atoms with van der Waals surface area (Å²) in [5.41, 5.74) is 2.09. The Morgan fingerprint density at radius 2 is 1.70 bits per heavy atom. The molecule has 5 nitrogen and oxygen atoms in total. The molecule has 5 heteroatoms. The lowest BCUT2D eigenvalue weighted by molar-refractivity contribution is 0.0696. The number of hydrogen-bond acceptors (Lipinski definition) is 3. The van der Waals surface area contributed by atoms with Crippen LogP contribution in [0.1, 0.15) is 20.7 Å². The standard InChI is InChI=1S/C15H14N2O3/c1-17(2)14(18)11-5-3-10(4-6-11)13-9-12(15(19)20)7-8-16-13/h3-9H,1-2H3,(H,19,20). The van der Waals surface area contributed by atoms with E-state index in [9.17, 15) is 9.59 Å². The number of nitrogens with zero attached hydrogens (tertiary/aromatic N) is 2. The van der Waals surface area contributed by atoms with Crippen LogP contribution in [-0.2, 0) is 0 Å². The number of aromatic nitrogens is 1. The summed E-state index contributed by atoms with van der Waals surface area (Å²) >= 11 is 0. The fourth-order valence-electron chi connectivity index (χ4n) is 1.76. The van der Waals surface area contributed by atoms with Crippen molar-refractivity contribution in [2.24, 2.45) is 0 Å². The second kappa shape index (κ2) is 5.52. The van der Waals surface area contributed by atoms with Crippen LogP contribution < -0.4 is 0 Å². The molecule has 1 amide bonds. The number of carboxylic acids is 1. The summed E-state index contributed by atoms with van der Waals surface area (Å²) in [6, 6.07) is 9.86. The molecule has 0 unspecified atom stereocenters. The molecule has 1 heterocycles. The van der Waals surface area contributed by atoms with Gasteiger partial charge in [0.2, 0.25) is 0 Å². The Balaban J connectivity index is 2.33. The SMILES string of the molecule is CN(C)C(=O)c1ccc(-c2cc(C(=O)O)ccn2)cc1. The van der Waals surface area contributed by atoms with Crippen LogP contribution in [-0.4, -0.2) is 41.0 Å². The zero-order valence-electron chi connectivity index (χ0n) is 11.2. The molecule has 0 bridgehead atoms. The fourth-order valence-corrected chi connectivity index (χ4v) is 1.76. The normalized spacial score (nSPS) is 10.1. The maximum Gasteiger partial charge on any atom is 0.335 e. The first-order valence-electron chi connectivity index (χ1n) is 6.00. The van der Waals surface area contributed by atoms with Crippen molar-refractivity contribution in [2.75, 3.05) is 14.1 Å². The Hall–Kier alpha value is -2.69. The Morgan fingerprint density at radius 1 is 1.05 bits per heavy atom. The third-order valence-electron chi connectivity index (χ3n) is 2.84. The van der Waals surface area contributed by atoms with Crippen LogP contribution in [0.25, 0.3) is 11.3 Å². The predicted molar refractivity (Wildman–Crippen MR) is 74.6 cm³/mol. The van der Waals surface area contributed by atoms with Gasteiger partial charge in [-0.2, -0.15) is 0 Å². The van der Waals surface area contributed by atoms with E-state index in [0.717, 1.165) is 5.56 Å². The Bertz CT molecular complexity index is 648. The van der Waals surface area contributed by atoms with Crippen molar-refractivity contribution in [1.29, 1.82) is 0 Å². The quantitative estimate of drug-likeness (QED) is 0.927. The smallest absolute Gasteiger partial charge is 0.335 e. The molecule has 0 saturated carbocycles. The highest BCUT2D eigenvalue weighted by Gasteiger charge is 2.09. The highest BCUT2D eigenvalue weighted by Crippen LogP contribution is 2.19. The first-order chi connectivity index (χ1) is 9.49. The molecule has 1 aromatic carbocycles. The average Bonchev–Trinajstić information content (AvgIpc) is 2.46. The molecule has 2 rings (SSSR count). The highest BCUT2D eigenvalue weighted by atomic mass is 16.4. The Kier molecular flexibility index (Phi) is 3.79. The van der Waals surface area contributed by atoms with Crippen LogP contribution in [0.4, 0.5) is 0 Å². The molecule has 0 atom stereocenters. The number of pyridine rings is 1. The number of carbonyl (C=O) groups is 2. The minimum atomic E-state index is -0.993. The number of carboxylic acid groups (broad SMARTS) is 1. The van der Waals surface area contributed by atoms with E-state index in [1.807, 2.05) is 0 Å². The van der Waals surface area contributed by atoms with Crippen molar-refractivity contribution in [1.82, 2.24) is 9.88 Å². The maximum absolute atomic E-state index is 11.8. The molecular weight excluding hydrogens is 256 g/mol. The van der Waals surface area contributed by atoms with Gasteiger partial charge in [0.25, 0.3) is 5.91 Å². The van der Waals surface area contributed by atoms with Crippen LogP contribution in [0.2, 0.25) is 0 Å². The molecular formula is C15H14N2O3. The minimum absolute atomic E-state index is 0.0798. The van der Waals surface area contributed by atoms with Crippen LogP contribution in [0.3, 0.4) is 0 Å². The van der Waals surface area contributed by atoms with E-state index in [0.29, 0.717) is 11.3 Å². The molecule has 0 radical (unpaired) electrons. The van der Waals surface area contributed by atoms with Crippen LogP contribution >= 0.6 is 0 Å². The molecule has 1 N–H and O–H groups in total. The summed E-state index contributed by atoms with van der Waals surface area (Å²) < 4.78 is 0. The Morgan fingerprint density at radius 3 is 2.25 bits per heavy atom. The van der Waals surface area contributed by atoms with Gasteiger partial charge >= 0.3 is 5.97 Å². The third kappa shape index (κ3) is 2.83. The van der Waals surface area contributed by atoms with Gasteiger partial charge in [-0.25, -0.2) is 4.79 Å². The number of rotatable bonds is 3. The topological polar surface area (TPSA) is 70.5 Å². The summed E-state index contributed by atoms with van der Waals surface area (Å²) in [6.07, 6.45) is 1.46. The molecule has 0 fully saturated rings. The minimum Gasteiger partial charge on any atom is -0.478 e. The lowest BCUT2D eigenvalue weighted by Crippen LogP contribution is -2.21. The van der Waals surface area contributed by atoms with Gasteiger partial charge in [0, 0.05) is 31.4 Å². The third-order valence-corrected chi connectivity index (χ3v) is 2.84. The largest absolute Gasteiger partial charge is 0.478 e. The van der Waals surface area contributed by atoms with Gasteiger partial charge in [0.1, 0.15) is 0 Å². The molecule has 0 aliphatic rings. The lowest BCUT2D eigenvalue weighted by atomic mass is 10.1. The van der Waals surface area contributed by atoms with Crippen molar-refractivity contribution in [2.45, 2.75) is 0 Å². The predicted octanol–water partition coefficient (Wildman–Crippen LogP) is 2.15. The van der Waals surface area contributed by atoms with E-state index >= 15 is 0 Å². The van der Waals surface area contributed by atoms with Crippen molar-refractivity contribution in [3.63, 3.8) is 0 Å². The van der Waals surface area contributed by atoms with Crippen LogP contribution in [0.5, 0.6) is 0 Å². The average molecular weight is 270 g/mol.